The molecule has 0 N–H and O–H groups in total. The molecule has 1 rings (SSSR count). The van der Waals surface area contributed by atoms with E-state index in [-0.39, 0.29) is 0 Å². The fraction of sp³-hybridized carbons (Fsp3) is 0.286. The molecule has 1 aromatic heterocycles. The number of aryl methyl sites for hydroxylation is 1. The molecule has 4 nitrogen and oxygen atoms in total. The van der Waals surface area contributed by atoms with E-state index in [1.807, 2.05) is 6.92 Å². The van der Waals surface area contributed by atoms with Crippen molar-refractivity contribution in [1.29, 1.82) is 0 Å². The van der Waals surface area contributed by atoms with Gasteiger partial charge in [-0.1, -0.05) is 11.6 Å². The van der Waals surface area contributed by atoms with Gasteiger partial charge < -0.3 is 0 Å². The monoisotopic (exact) mass is 185 g/mol. The molecule has 0 saturated carbocycles. The van der Waals surface area contributed by atoms with E-state index in [0.717, 1.165) is 10.6 Å². The molecule has 0 aromatic carbocycles. The molecule has 64 valence electrons. The van der Waals surface area contributed by atoms with Crippen LogP contribution in [0, 0.1) is 11.8 Å². The Morgan fingerprint density at radius 1 is 1.67 bits per heavy atom. The molecule has 0 aliphatic heterocycles. The first-order chi connectivity index (χ1) is 5.65. The summed E-state index contributed by atoms with van der Waals surface area (Å²) in [6, 6.07) is 1.70. The number of anilines is 1. The number of hydrogen-bond donors (Lipinski definition) is 0. The first-order valence-electron chi connectivity index (χ1n) is 3.34. The second-order valence-corrected chi connectivity index (χ2v) is 2.80. The minimum Gasteiger partial charge on any atom is -0.236 e. The van der Waals surface area contributed by atoms with Crippen molar-refractivity contribution >= 4 is 17.4 Å². The number of aromatic nitrogens is 1. The topological polar surface area (TPSA) is 45.6 Å². The third-order valence-corrected chi connectivity index (χ3v) is 1.88. The summed E-state index contributed by atoms with van der Waals surface area (Å²) >= 11 is 5.74. The lowest BCUT2D eigenvalue weighted by molar-refractivity contribution is 0.964. The van der Waals surface area contributed by atoms with Gasteiger partial charge in [-0.15, -0.1) is 4.91 Å². The lowest BCUT2D eigenvalue weighted by Crippen LogP contribution is -2.08. The first-order valence-corrected chi connectivity index (χ1v) is 3.72. The first kappa shape index (κ1) is 8.93. The Balaban J connectivity index is 3.04. The summed E-state index contributed by atoms with van der Waals surface area (Å²) in [4.78, 5) is 14.0. The number of nitrogens with zero attached hydrogens (tertiary/aromatic N) is 3. The Hall–Kier alpha value is -1.16. The zero-order chi connectivity index (χ0) is 9.14. The molecular weight excluding hydrogens is 178 g/mol. The molecule has 0 atom stereocenters. The molecule has 12 heavy (non-hydrogen) atoms. The molecule has 0 spiro atoms. The zero-order valence-corrected chi connectivity index (χ0v) is 7.54. The average molecular weight is 186 g/mol. The highest BCUT2D eigenvalue weighted by molar-refractivity contribution is 6.31. The minimum atomic E-state index is 0.493. The molecule has 0 radical (unpaired) electrons. The molecule has 1 aromatic rings. The van der Waals surface area contributed by atoms with Crippen LogP contribution in [0.4, 0.5) is 5.82 Å². The molecule has 0 saturated heterocycles. The molecule has 0 fully saturated rings. The highest BCUT2D eigenvalue weighted by Gasteiger charge is 2.03. The summed E-state index contributed by atoms with van der Waals surface area (Å²) in [5.41, 5.74) is 0.872. The molecule has 0 unspecified atom stereocenters. The smallest absolute Gasteiger partial charge is 0.151 e. The molecule has 0 bridgehead atoms. The van der Waals surface area contributed by atoms with Crippen LogP contribution in [-0.2, 0) is 0 Å². The van der Waals surface area contributed by atoms with Crippen molar-refractivity contribution in [1.82, 2.24) is 4.98 Å². The highest BCUT2D eigenvalue weighted by atomic mass is 35.5. The third-order valence-electron chi connectivity index (χ3n) is 1.49. The van der Waals surface area contributed by atoms with Gasteiger partial charge in [0.05, 0.1) is 10.3 Å². The van der Waals surface area contributed by atoms with Crippen molar-refractivity contribution in [2.75, 3.05) is 12.1 Å². The predicted molar refractivity (Wildman–Crippen MR) is 48.2 cm³/mol. The van der Waals surface area contributed by atoms with E-state index in [2.05, 4.69) is 10.3 Å². The Morgan fingerprint density at radius 2 is 2.33 bits per heavy atom. The third kappa shape index (κ3) is 1.71. The fourth-order valence-electron chi connectivity index (χ4n) is 0.743. The van der Waals surface area contributed by atoms with Crippen LogP contribution in [0.3, 0.4) is 0 Å². The second-order valence-electron chi connectivity index (χ2n) is 2.40. The summed E-state index contributed by atoms with van der Waals surface area (Å²) in [6.07, 6.45) is 1.49. The zero-order valence-electron chi connectivity index (χ0n) is 6.78. The molecule has 1 heterocycles. The van der Waals surface area contributed by atoms with Crippen LogP contribution in [0.5, 0.6) is 0 Å². The fourth-order valence-corrected chi connectivity index (χ4v) is 0.847. The van der Waals surface area contributed by atoms with E-state index in [1.165, 1.54) is 13.2 Å². The maximum atomic E-state index is 10.1. The van der Waals surface area contributed by atoms with Gasteiger partial charge in [0, 0.05) is 13.2 Å². The number of halogens is 1. The maximum absolute atomic E-state index is 10.1. The van der Waals surface area contributed by atoms with E-state index in [0.29, 0.717) is 10.8 Å². The quantitative estimate of drug-likeness (QED) is 0.524. The van der Waals surface area contributed by atoms with Crippen molar-refractivity contribution in [3.8, 4) is 0 Å². The molecular formula is C7H8ClN3O. The Bertz CT molecular complexity index is 303. The lowest BCUT2D eigenvalue weighted by Gasteiger charge is -2.07. The Labute approximate surface area is 75.1 Å². The SMILES string of the molecule is Cc1cc(N(C)N=O)ncc1Cl. The summed E-state index contributed by atoms with van der Waals surface area (Å²) in [5.74, 6) is 0.493. The molecule has 0 amide bonds. The van der Waals surface area contributed by atoms with Gasteiger partial charge in [-0.3, -0.25) is 0 Å². The highest BCUT2D eigenvalue weighted by Crippen LogP contribution is 2.18. The largest absolute Gasteiger partial charge is 0.236 e. The summed E-state index contributed by atoms with van der Waals surface area (Å²) in [5, 5.41) is 4.43. The molecule has 0 aliphatic rings. The van der Waals surface area contributed by atoms with E-state index in [4.69, 9.17) is 11.6 Å². The van der Waals surface area contributed by atoms with E-state index in [1.54, 1.807) is 6.07 Å². The maximum Gasteiger partial charge on any atom is 0.151 e. The van der Waals surface area contributed by atoms with Gasteiger partial charge in [-0.2, -0.15) is 0 Å². The van der Waals surface area contributed by atoms with Gasteiger partial charge in [0.15, 0.2) is 5.82 Å². The number of hydrogen-bond acceptors (Lipinski definition) is 3. The molecule has 5 heteroatoms. The second kappa shape index (κ2) is 3.49. The Kier molecular flexibility index (Phi) is 2.60. The van der Waals surface area contributed by atoms with Crippen molar-refractivity contribution in [3.05, 3.63) is 27.8 Å². The number of rotatable bonds is 2. The van der Waals surface area contributed by atoms with Gasteiger partial charge in [-0.05, 0) is 18.6 Å². The van der Waals surface area contributed by atoms with Gasteiger partial charge >= 0.3 is 0 Å². The molecule has 0 aliphatic carbocycles. The van der Waals surface area contributed by atoms with E-state index < -0.39 is 0 Å². The van der Waals surface area contributed by atoms with Gasteiger partial charge in [0.2, 0.25) is 0 Å². The Morgan fingerprint density at radius 3 is 2.83 bits per heavy atom. The van der Waals surface area contributed by atoms with Crippen LogP contribution in [-0.4, -0.2) is 12.0 Å². The lowest BCUT2D eigenvalue weighted by atomic mass is 10.3. The summed E-state index contributed by atoms with van der Waals surface area (Å²) in [6.45, 7) is 1.84. The van der Waals surface area contributed by atoms with Crippen LogP contribution in [0.2, 0.25) is 5.02 Å². The van der Waals surface area contributed by atoms with Gasteiger partial charge in [-0.25, -0.2) is 9.99 Å². The van der Waals surface area contributed by atoms with Crippen molar-refractivity contribution in [3.63, 3.8) is 0 Å². The van der Waals surface area contributed by atoms with Crippen LogP contribution in [0.15, 0.2) is 17.5 Å². The number of nitroso groups, excluding NO2 is 1. The van der Waals surface area contributed by atoms with Crippen LogP contribution in [0.1, 0.15) is 5.56 Å². The summed E-state index contributed by atoms with van der Waals surface area (Å²) < 4.78 is 0. The summed E-state index contributed by atoms with van der Waals surface area (Å²) in [7, 11) is 1.53. The van der Waals surface area contributed by atoms with Crippen LogP contribution < -0.4 is 5.01 Å². The van der Waals surface area contributed by atoms with Gasteiger partial charge in [0.1, 0.15) is 0 Å². The van der Waals surface area contributed by atoms with Gasteiger partial charge in [0.25, 0.3) is 0 Å². The van der Waals surface area contributed by atoms with Crippen LogP contribution >= 0.6 is 11.6 Å². The van der Waals surface area contributed by atoms with E-state index in [9.17, 15) is 4.91 Å². The van der Waals surface area contributed by atoms with E-state index >= 15 is 0 Å². The average Bonchev–Trinajstić information content (AvgIpc) is 2.08. The predicted octanol–water partition coefficient (Wildman–Crippen LogP) is 2.16. The standard InChI is InChI=1S/C7H8ClN3O/c1-5-3-7(11(2)10-12)9-4-6(5)8/h3-4H,1-2H3. The van der Waals surface area contributed by atoms with Crippen molar-refractivity contribution < 1.29 is 0 Å². The van der Waals surface area contributed by atoms with Crippen LogP contribution in [0.25, 0.3) is 0 Å². The van der Waals surface area contributed by atoms with Crippen molar-refractivity contribution in [2.45, 2.75) is 6.92 Å². The number of pyridine rings is 1. The minimum absolute atomic E-state index is 0.493. The normalized spacial score (nSPS) is 9.58. The van der Waals surface area contributed by atoms with Crippen molar-refractivity contribution in [2.24, 2.45) is 5.29 Å².